The summed E-state index contributed by atoms with van der Waals surface area (Å²) in [6, 6.07) is 0.302. The molecule has 1 amide bonds. The first-order valence-corrected chi connectivity index (χ1v) is 5.03. The lowest BCUT2D eigenvalue weighted by Gasteiger charge is -2.31. The van der Waals surface area contributed by atoms with Gasteiger partial charge in [-0.2, -0.15) is 0 Å². The van der Waals surface area contributed by atoms with Crippen LogP contribution in [0, 0.1) is 5.92 Å². The zero-order valence-corrected chi connectivity index (χ0v) is 9.16. The van der Waals surface area contributed by atoms with E-state index in [0.29, 0.717) is 12.0 Å². The Morgan fingerprint density at radius 1 is 1.31 bits per heavy atom. The van der Waals surface area contributed by atoms with E-state index in [4.69, 9.17) is 0 Å². The Morgan fingerprint density at radius 3 is 2.15 bits per heavy atom. The minimum absolute atomic E-state index is 0.0174. The molecule has 3 unspecified atom stereocenters. The second-order valence-corrected chi connectivity index (χ2v) is 4.29. The molecule has 0 aromatic heterocycles. The molecule has 0 spiro atoms. The molecule has 3 heteroatoms. The van der Waals surface area contributed by atoms with Crippen molar-refractivity contribution in [3.8, 4) is 0 Å². The lowest BCUT2D eigenvalue weighted by Crippen LogP contribution is -2.44. The molecule has 1 heterocycles. The first kappa shape index (κ1) is 10.5. The molecule has 1 aliphatic heterocycles. The summed E-state index contributed by atoms with van der Waals surface area (Å²) < 4.78 is 0. The van der Waals surface area contributed by atoms with Crippen molar-refractivity contribution in [1.29, 1.82) is 0 Å². The Balaban J connectivity index is 2.74. The van der Waals surface area contributed by atoms with Crippen molar-refractivity contribution in [2.75, 3.05) is 0 Å². The van der Waals surface area contributed by atoms with E-state index < -0.39 is 0 Å². The van der Waals surface area contributed by atoms with Crippen LogP contribution < -0.4 is 5.32 Å². The van der Waals surface area contributed by atoms with E-state index in [9.17, 15) is 4.79 Å². The number of carbonyl (C=O) groups is 1. The van der Waals surface area contributed by atoms with Gasteiger partial charge < -0.3 is 4.90 Å². The van der Waals surface area contributed by atoms with Crippen LogP contribution >= 0.6 is 0 Å². The van der Waals surface area contributed by atoms with Gasteiger partial charge in [0.05, 0.1) is 12.2 Å². The number of nitrogens with zero attached hydrogens (tertiary/aromatic N) is 1. The number of hydrogen-bond donors (Lipinski definition) is 1. The lowest BCUT2D eigenvalue weighted by atomic mass is 10.0. The third-order valence-electron chi connectivity index (χ3n) is 2.94. The molecule has 0 bridgehead atoms. The first-order valence-electron chi connectivity index (χ1n) is 5.03. The molecular formula is C10H20N2O. The summed E-state index contributed by atoms with van der Waals surface area (Å²) in [6.45, 7) is 10.4. The van der Waals surface area contributed by atoms with Gasteiger partial charge in [-0.1, -0.05) is 13.8 Å². The fourth-order valence-electron chi connectivity index (χ4n) is 1.80. The number of amides is 1. The SMILES string of the molecule is CC1NC(C)N(C(C)C(C)C)C1=O. The van der Waals surface area contributed by atoms with Gasteiger partial charge >= 0.3 is 0 Å². The molecular weight excluding hydrogens is 164 g/mol. The number of nitrogens with one attached hydrogen (secondary N) is 1. The van der Waals surface area contributed by atoms with Crippen molar-refractivity contribution in [2.24, 2.45) is 5.92 Å². The Morgan fingerprint density at radius 2 is 1.85 bits per heavy atom. The Hall–Kier alpha value is -0.570. The van der Waals surface area contributed by atoms with Crippen LogP contribution in [0.3, 0.4) is 0 Å². The van der Waals surface area contributed by atoms with Gasteiger partial charge in [0.2, 0.25) is 5.91 Å². The molecule has 1 rings (SSSR count). The molecule has 3 atom stereocenters. The molecule has 0 radical (unpaired) electrons. The summed E-state index contributed by atoms with van der Waals surface area (Å²) >= 11 is 0. The van der Waals surface area contributed by atoms with Crippen molar-refractivity contribution in [3.63, 3.8) is 0 Å². The van der Waals surface area contributed by atoms with E-state index in [-0.39, 0.29) is 18.1 Å². The maximum Gasteiger partial charge on any atom is 0.240 e. The lowest BCUT2D eigenvalue weighted by molar-refractivity contribution is -0.132. The fraction of sp³-hybridized carbons (Fsp3) is 0.900. The van der Waals surface area contributed by atoms with Crippen LogP contribution in [0.15, 0.2) is 0 Å². The van der Waals surface area contributed by atoms with Crippen molar-refractivity contribution in [1.82, 2.24) is 10.2 Å². The smallest absolute Gasteiger partial charge is 0.240 e. The summed E-state index contributed by atoms with van der Waals surface area (Å²) in [4.78, 5) is 13.7. The van der Waals surface area contributed by atoms with Gasteiger partial charge in [0, 0.05) is 6.04 Å². The second-order valence-electron chi connectivity index (χ2n) is 4.29. The predicted octanol–water partition coefficient (Wildman–Crippen LogP) is 1.20. The maximum atomic E-state index is 11.7. The summed E-state index contributed by atoms with van der Waals surface area (Å²) in [6.07, 6.45) is 0.180. The van der Waals surface area contributed by atoms with Crippen molar-refractivity contribution >= 4 is 5.91 Å². The zero-order chi connectivity index (χ0) is 10.2. The van der Waals surface area contributed by atoms with Gasteiger partial charge in [-0.15, -0.1) is 0 Å². The highest BCUT2D eigenvalue weighted by Gasteiger charge is 2.36. The predicted molar refractivity (Wildman–Crippen MR) is 53.2 cm³/mol. The Kier molecular flexibility index (Phi) is 2.96. The van der Waals surface area contributed by atoms with E-state index in [1.165, 1.54) is 0 Å². The van der Waals surface area contributed by atoms with E-state index in [1.54, 1.807) is 0 Å². The zero-order valence-electron chi connectivity index (χ0n) is 9.16. The van der Waals surface area contributed by atoms with Crippen LogP contribution in [0.2, 0.25) is 0 Å². The largest absolute Gasteiger partial charge is 0.323 e. The molecule has 76 valence electrons. The van der Waals surface area contributed by atoms with Crippen molar-refractivity contribution < 1.29 is 4.79 Å². The molecule has 1 N–H and O–H groups in total. The third kappa shape index (κ3) is 1.85. The molecule has 0 aliphatic carbocycles. The Labute approximate surface area is 80.5 Å². The third-order valence-corrected chi connectivity index (χ3v) is 2.94. The quantitative estimate of drug-likeness (QED) is 0.699. The highest BCUT2D eigenvalue weighted by atomic mass is 16.2. The van der Waals surface area contributed by atoms with E-state index >= 15 is 0 Å². The summed E-state index contributed by atoms with van der Waals surface area (Å²) in [5, 5.41) is 3.23. The van der Waals surface area contributed by atoms with E-state index in [1.807, 2.05) is 18.7 Å². The number of carbonyl (C=O) groups excluding carboxylic acids is 1. The average Bonchev–Trinajstić information content (AvgIpc) is 2.26. The van der Waals surface area contributed by atoms with E-state index in [2.05, 4.69) is 26.1 Å². The van der Waals surface area contributed by atoms with Gasteiger partial charge in [0.1, 0.15) is 0 Å². The average molecular weight is 184 g/mol. The highest BCUT2D eigenvalue weighted by molar-refractivity contribution is 5.84. The first-order chi connectivity index (χ1) is 5.95. The summed E-state index contributed by atoms with van der Waals surface area (Å²) in [5.41, 5.74) is 0. The van der Waals surface area contributed by atoms with Crippen LogP contribution in [0.25, 0.3) is 0 Å². The standard InChI is InChI=1S/C10H20N2O/c1-6(2)8(4)12-9(5)11-7(3)10(12)13/h6-9,11H,1-5H3. The highest BCUT2D eigenvalue weighted by Crippen LogP contribution is 2.18. The number of rotatable bonds is 2. The van der Waals surface area contributed by atoms with Gasteiger partial charge in [-0.05, 0) is 26.7 Å². The maximum absolute atomic E-state index is 11.7. The molecule has 0 aromatic rings. The van der Waals surface area contributed by atoms with Gasteiger partial charge in [0.15, 0.2) is 0 Å². The second kappa shape index (κ2) is 3.66. The molecule has 13 heavy (non-hydrogen) atoms. The summed E-state index contributed by atoms with van der Waals surface area (Å²) in [5.74, 6) is 0.743. The molecule has 0 saturated carbocycles. The van der Waals surface area contributed by atoms with Crippen LogP contribution in [-0.4, -0.2) is 29.1 Å². The normalized spacial score (nSPS) is 31.5. The minimum atomic E-state index is -0.0174. The minimum Gasteiger partial charge on any atom is -0.323 e. The topological polar surface area (TPSA) is 32.3 Å². The molecule has 3 nitrogen and oxygen atoms in total. The van der Waals surface area contributed by atoms with Gasteiger partial charge in [-0.25, -0.2) is 0 Å². The molecule has 1 fully saturated rings. The van der Waals surface area contributed by atoms with Crippen LogP contribution in [0.4, 0.5) is 0 Å². The van der Waals surface area contributed by atoms with Crippen LogP contribution in [0.1, 0.15) is 34.6 Å². The molecule has 0 aromatic carbocycles. The molecule has 1 saturated heterocycles. The van der Waals surface area contributed by atoms with E-state index in [0.717, 1.165) is 0 Å². The fourth-order valence-corrected chi connectivity index (χ4v) is 1.80. The molecule has 1 aliphatic rings. The monoisotopic (exact) mass is 184 g/mol. The van der Waals surface area contributed by atoms with Crippen LogP contribution in [0.5, 0.6) is 0 Å². The van der Waals surface area contributed by atoms with Crippen molar-refractivity contribution in [2.45, 2.75) is 52.9 Å². The van der Waals surface area contributed by atoms with Crippen molar-refractivity contribution in [3.05, 3.63) is 0 Å². The summed E-state index contributed by atoms with van der Waals surface area (Å²) in [7, 11) is 0. The van der Waals surface area contributed by atoms with Gasteiger partial charge in [0.25, 0.3) is 0 Å². The van der Waals surface area contributed by atoms with Crippen LogP contribution in [-0.2, 0) is 4.79 Å². The van der Waals surface area contributed by atoms with Gasteiger partial charge in [-0.3, -0.25) is 10.1 Å². The number of hydrogen-bond acceptors (Lipinski definition) is 2. The Bertz CT molecular complexity index is 203.